The monoisotopic (exact) mass is 428 g/mol. The van der Waals surface area contributed by atoms with Gasteiger partial charge >= 0.3 is 141 Å². The Bertz CT molecular complexity index is 723. The number of thioether (sulfide) groups is 2. The molecule has 2 aliphatic rings. The molecule has 0 bridgehead atoms. The molecule has 0 aliphatic carbocycles. The van der Waals surface area contributed by atoms with Crippen LogP contribution in [0.25, 0.3) is 22.9 Å². The Kier molecular flexibility index (Phi) is 3.58. The Balaban J connectivity index is 2.06. The first-order chi connectivity index (χ1) is 9.80. The second-order valence-electron chi connectivity index (χ2n) is 4.59. The van der Waals surface area contributed by atoms with Crippen molar-refractivity contribution in [1.29, 1.82) is 0 Å². The summed E-state index contributed by atoms with van der Waals surface area (Å²) in [6, 6.07) is 9.27. The molecule has 0 unspecified atom stereocenters. The second-order valence-corrected chi connectivity index (χ2v) is 11.5. The van der Waals surface area contributed by atoms with Gasteiger partial charge in [-0.05, 0) is 0 Å². The summed E-state index contributed by atoms with van der Waals surface area (Å²) in [4.78, 5) is 2.89. The van der Waals surface area contributed by atoms with E-state index in [0.29, 0.717) is 29.9 Å². The van der Waals surface area contributed by atoms with Gasteiger partial charge in [0, 0.05) is 0 Å². The maximum atomic E-state index is 2.40. The van der Waals surface area contributed by atoms with E-state index in [1.807, 2.05) is 23.5 Å². The first kappa shape index (κ1) is 13.6. The van der Waals surface area contributed by atoms with Gasteiger partial charge in [-0.15, -0.1) is 0 Å². The van der Waals surface area contributed by atoms with Crippen LogP contribution in [-0.2, 0) is 0 Å². The summed E-state index contributed by atoms with van der Waals surface area (Å²) >= 11 is 5.10. The SMILES string of the molecule is C[Se]C1=Cc2ccc3c4c(ccc(c24)S1)C=C([Se]C)S3. The van der Waals surface area contributed by atoms with Gasteiger partial charge in [-0.1, -0.05) is 0 Å². The van der Waals surface area contributed by atoms with Crippen LogP contribution in [0.4, 0.5) is 0 Å². The molecule has 2 heterocycles. The van der Waals surface area contributed by atoms with Gasteiger partial charge in [-0.3, -0.25) is 0 Å². The Morgan fingerprint density at radius 1 is 0.700 bits per heavy atom. The zero-order valence-corrected chi connectivity index (χ0v) is 16.2. The average molecular weight is 426 g/mol. The molecular weight excluding hydrogens is 414 g/mol. The van der Waals surface area contributed by atoms with E-state index in [1.165, 1.54) is 39.3 Å². The molecule has 2 aromatic carbocycles. The number of hydrogen-bond acceptors (Lipinski definition) is 2. The molecule has 0 atom stereocenters. The van der Waals surface area contributed by atoms with Crippen LogP contribution < -0.4 is 0 Å². The molecule has 4 heteroatoms. The standard InChI is InChI=1S/C16H12S2Se2/c1-19-13-7-9-3-6-12-16-10(8-14(18-12)20-2)4-5-11(17-13)15(9)16/h3-8H,1-2H3. The molecule has 0 aromatic heterocycles. The van der Waals surface area contributed by atoms with E-state index in [1.54, 1.807) is 0 Å². The van der Waals surface area contributed by atoms with Gasteiger partial charge < -0.3 is 0 Å². The molecule has 0 fully saturated rings. The predicted octanol–water partition coefficient (Wildman–Crippen LogP) is 5.15. The van der Waals surface area contributed by atoms with Crippen molar-refractivity contribution in [1.82, 2.24) is 0 Å². The van der Waals surface area contributed by atoms with Crippen molar-refractivity contribution in [2.24, 2.45) is 0 Å². The van der Waals surface area contributed by atoms with Gasteiger partial charge in [0.05, 0.1) is 0 Å². The number of benzene rings is 2. The van der Waals surface area contributed by atoms with E-state index < -0.39 is 0 Å². The first-order valence-electron chi connectivity index (χ1n) is 6.27. The Morgan fingerprint density at radius 3 is 1.55 bits per heavy atom. The minimum atomic E-state index is 0.579. The molecule has 4 rings (SSSR count). The molecule has 0 saturated heterocycles. The van der Waals surface area contributed by atoms with E-state index in [2.05, 4.69) is 48.1 Å². The van der Waals surface area contributed by atoms with E-state index >= 15 is 0 Å². The molecule has 0 radical (unpaired) electrons. The van der Waals surface area contributed by atoms with Crippen molar-refractivity contribution in [3.63, 3.8) is 0 Å². The minimum absolute atomic E-state index is 0.579. The zero-order chi connectivity index (χ0) is 13.7. The van der Waals surface area contributed by atoms with Crippen LogP contribution in [0.1, 0.15) is 11.1 Å². The number of rotatable bonds is 2. The van der Waals surface area contributed by atoms with Crippen LogP contribution in [0, 0.1) is 0 Å². The molecule has 100 valence electrons. The van der Waals surface area contributed by atoms with Crippen LogP contribution >= 0.6 is 23.5 Å². The fourth-order valence-electron chi connectivity index (χ4n) is 2.63. The molecule has 0 spiro atoms. The molecule has 0 amide bonds. The summed E-state index contributed by atoms with van der Waals surface area (Å²) < 4.78 is 3.06. The van der Waals surface area contributed by atoms with Gasteiger partial charge in [0.15, 0.2) is 0 Å². The summed E-state index contributed by atoms with van der Waals surface area (Å²) in [5, 5.41) is 2.95. The topological polar surface area (TPSA) is 0 Å². The Labute approximate surface area is 140 Å². The zero-order valence-electron chi connectivity index (χ0n) is 11.1. The van der Waals surface area contributed by atoms with Crippen molar-refractivity contribution < 1.29 is 0 Å². The van der Waals surface area contributed by atoms with E-state index in [-0.39, 0.29) is 0 Å². The van der Waals surface area contributed by atoms with Crippen molar-refractivity contribution in [2.75, 3.05) is 0 Å². The summed E-state index contributed by atoms with van der Waals surface area (Å²) in [5.41, 5.74) is 2.83. The Hall–Kier alpha value is -0.0810. The van der Waals surface area contributed by atoms with Crippen LogP contribution in [0.15, 0.2) is 41.7 Å². The van der Waals surface area contributed by atoms with Crippen LogP contribution in [0.2, 0.25) is 11.6 Å². The fraction of sp³-hybridized carbons (Fsp3) is 0.125. The summed E-state index contributed by atoms with van der Waals surface area (Å²) in [5.74, 6) is 4.60. The van der Waals surface area contributed by atoms with E-state index in [9.17, 15) is 0 Å². The molecule has 20 heavy (non-hydrogen) atoms. The third kappa shape index (κ3) is 2.06. The van der Waals surface area contributed by atoms with E-state index in [4.69, 9.17) is 0 Å². The molecule has 0 saturated carbocycles. The van der Waals surface area contributed by atoms with Crippen molar-refractivity contribution >= 4 is 76.4 Å². The Morgan fingerprint density at radius 2 is 1.15 bits per heavy atom. The van der Waals surface area contributed by atoms with Crippen molar-refractivity contribution in [3.8, 4) is 0 Å². The van der Waals surface area contributed by atoms with Crippen molar-refractivity contribution in [2.45, 2.75) is 21.4 Å². The van der Waals surface area contributed by atoms with Gasteiger partial charge in [0.1, 0.15) is 0 Å². The van der Waals surface area contributed by atoms with Crippen LogP contribution in [0.3, 0.4) is 0 Å². The average Bonchev–Trinajstić information content (AvgIpc) is 2.51. The molecule has 0 N–H and O–H groups in total. The molecule has 2 aromatic rings. The van der Waals surface area contributed by atoms with Crippen molar-refractivity contribution in [3.05, 3.63) is 43.0 Å². The third-order valence-corrected chi connectivity index (χ3v) is 10.2. The fourth-order valence-corrected chi connectivity index (χ4v) is 7.72. The normalized spacial score (nSPS) is 16.1. The van der Waals surface area contributed by atoms with Gasteiger partial charge in [-0.25, -0.2) is 0 Å². The first-order valence-corrected chi connectivity index (χ1v) is 13.0. The maximum absolute atomic E-state index is 2.40. The van der Waals surface area contributed by atoms with Gasteiger partial charge in [0.2, 0.25) is 0 Å². The molecular formula is C16H12S2Se2. The van der Waals surface area contributed by atoms with Gasteiger partial charge in [-0.2, -0.15) is 0 Å². The molecule has 0 nitrogen and oxygen atoms in total. The number of hydrogen-bond donors (Lipinski definition) is 0. The van der Waals surface area contributed by atoms with Crippen LogP contribution in [-0.4, -0.2) is 29.9 Å². The third-order valence-electron chi connectivity index (χ3n) is 3.52. The second kappa shape index (κ2) is 5.28. The van der Waals surface area contributed by atoms with Gasteiger partial charge in [0.25, 0.3) is 0 Å². The van der Waals surface area contributed by atoms with E-state index in [0.717, 1.165) is 0 Å². The van der Waals surface area contributed by atoms with Crippen LogP contribution in [0.5, 0.6) is 0 Å². The summed E-state index contributed by atoms with van der Waals surface area (Å²) in [7, 11) is 0. The summed E-state index contributed by atoms with van der Waals surface area (Å²) in [6.45, 7) is 0. The predicted molar refractivity (Wildman–Crippen MR) is 94.9 cm³/mol. The quantitative estimate of drug-likeness (QED) is 0.609. The molecule has 2 aliphatic heterocycles. The summed E-state index contributed by atoms with van der Waals surface area (Å²) in [6.07, 6.45) is 4.79.